The van der Waals surface area contributed by atoms with Gasteiger partial charge >= 0.3 is 17.9 Å². The zero-order valence-corrected chi connectivity index (χ0v) is 22.8. The molecule has 4 amide bonds. The van der Waals surface area contributed by atoms with Crippen molar-refractivity contribution in [2.75, 3.05) is 13.2 Å². The molecule has 0 aromatic heterocycles. The lowest BCUT2D eigenvalue weighted by Crippen LogP contribution is -2.71. The molecule has 8 heteroatoms. The quantitative estimate of drug-likeness (QED) is 0.180. The summed E-state index contributed by atoms with van der Waals surface area (Å²) >= 11 is 0. The summed E-state index contributed by atoms with van der Waals surface area (Å²) < 4.78 is 4.94. The van der Waals surface area contributed by atoms with Gasteiger partial charge in [-0.3, -0.25) is 14.5 Å². The second-order valence-electron chi connectivity index (χ2n) is 11.5. The summed E-state index contributed by atoms with van der Waals surface area (Å²) in [4.78, 5) is 54.3. The first kappa shape index (κ1) is 29.1. The van der Waals surface area contributed by atoms with Crippen molar-refractivity contribution in [1.29, 1.82) is 0 Å². The van der Waals surface area contributed by atoms with Crippen LogP contribution in [0.3, 0.4) is 0 Å². The van der Waals surface area contributed by atoms with Crippen LogP contribution in [0.1, 0.15) is 119 Å². The van der Waals surface area contributed by atoms with Crippen LogP contribution < -0.4 is 5.32 Å². The Hall–Kier alpha value is -2.12. The number of ether oxygens (including phenoxy) is 1. The number of amides is 4. The van der Waals surface area contributed by atoms with Gasteiger partial charge in [0.05, 0.1) is 6.61 Å². The van der Waals surface area contributed by atoms with Gasteiger partial charge in [-0.15, -0.1) is 0 Å². The Kier molecular flexibility index (Phi) is 10.2. The molecule has 35 heavy (non-hydrogen) atoms. The van der Waals surface area contributed by atoms with Gasteiger partial charge in [0.1, 0.15) is 5.54 Å². The molecule has 0 bridgehead atoms. The smallest absolute Gasteiger partial charge is 0.397 e. The number of carbonyl (C=O) groups excluding carboxylic acids is 4. The van der Waals surface area contributed by atoms with Crippen molar-refractivity contribution < 1.29 is 23.9 Å². The molecule has 0 saturated carbocycles. The lowest BCUT2D eigenvalue weighted by molar-refractivity contribution is -0.173. The maximum Gasteiger partial charge on any atom is 0.397 e. The van der Waals surface area contributed by atoms with Crippen LogP contribution >= 0.6 is 0 Å². The average molecular weight is 494 g/mol. The number of esters is 1. The number of hydrogen-bond acceptors (Lipinski definition) is 5. The SMILES string of the molecule is CCCCCCCCCCCCN1C(=O)NC2(CC(C)(C)N(C(=O)C(=O)OCC)C(C)(C)C2)C1=O. The van der Waals surface area contributed by atoms with E-state index in [4.69, 9.17) is 4.74 Å². The molecule has 0 aromatic rings. The number of urea groups is 1. The molecule has 2 heterocycles. The summed E-state index contributed by atoms with van der Waals surface area (Å²) in [6.45, 7) is 11.7. The molecule has 0 unspecified atom stereocenters. The molecule has 1 N–H and O–H groups in total. The van der Waals surface area contributed by atoms with Gasteiger partial charge in [-0.25, -0.2) is 9.59 Å². The van der Waals surface area contributed by atoms with Gasteiger partial charge in [0.25, 0.3) is 5.91 Å². The summed E-state index contributed by atoms with van der Waals surface area (Å²) in [5.41, 5.74) is -2.74. The van der Waals surface area contributed by atoms with E-state index in [0.29, 0.717) is 6.54 Å². The molecule has 2 aliphatic heterocycles. The summed E-state index contributed by atoms with van der Waals surface area (Å²) in [6, 6.07) is -0.359. The van der Waals surface area contributed by atoms with Crippen molar-refractivity contribution in [3.8, 4) is 0 Å². The Bertz CT molecular complexity index is 759. The number of unbranched alkanes of at least 4 members (excludes halogenated alkanes) is 9. The van der Waals surface area contributed by atoms with Gasteiger partial charge in [0.15, 0.2) is 0 Å². The predicted molar refractivity (Wildman–Crippen MR) is 136 cm³/mol. The first-order chi connectivity index (χ1) is 16.4. The molecule has 2 saturated heterocycles. The van der Waals surface area contributed by atoms with E-state index in [1.165, 1.54) is 54.7 Å². The molecule has 2 rings (SSSR count). The minimum atomic E-state index is -1.08. The second-order valence-corrected chi connectivity index (χ2v) is 11.5. The van der Waals surface area contributed by atoms with Gasteiger partial charge in [0, 0.05) is 30.5 Å². The Labute approximate surface area is 211 Å². The summed E-state index contributed by atoms with van der Waals surface area (Å²) in [5, 5.41) is 2.96. The lowest BCUT2D eigenvalue weighted by Gasteiger charge is -2.57. The fraction of sp³-hybridized carbons (Fsp3) is 0.852. The second kappa shape index (κ2) is 12.2. The zero-order chi connectivity index (χ0) is 26.3. The van der Waals surface area contributed by atoms with E-state index in [1.807, 2.05) is 27.7 Å². The maximum atomic E-state index is 13.5. The Balaban J connectivity index is 1.94. The predicted octanol–water partition coefficient (Wildman–Crippen LogP) is 4.94. The maximum absolute atomic E-state index is 13.5. The monoisotopic (exact) mass is 493 g/mol. The fourth-order valence-corrected chi connectivity index (χ4v) is 6.23. The molecule has 200 valence electrons. The van der Waals surface area contributed by atoms with Gasteiger partial charge in [-0.1, -0.05) is 64.7 Å². The number of nitrogens with zero attached hydrogens (tertiary/aromatic N) is 2. The van der Waals surface area contributed by atoms with E-state index in [0.717, 1.165) is 19.3 Å². The molecule has 2 aliphatic rings. The van der Waals surface area contributed by atoms with Gasteiger partial charge in [0.2, 0.25) is 0 Å². The zero-order valence-electron chi connectivity index (χ0n) is 22.8. The van der Waals surface area contributed by atoms with Gasteiger partial charge in [-0.2, -0.15) is 0 Å². The standard InChI is InChI=1S/C27H47N3O5/c1-7-9-10-11-12-13-14-15-16-17-18-29-23(33)27(28-24(29)34)19-25(3,4)30(26(5,6)20-27)21(31)22(32)35-8-2/h7-20H2,1-6H3,(H,28,34). The first-order valence-electron chi connectivity index (χ1n) is 13.6. The molecule has 8 nitrogen and oxygen atoms in total. The summed E-state index contributed by atoms with van der Waals surface area (Å²) in [6.07, 6.45) is 12.4. The van der Waals surface area contributed by atoms with Crippen LogP contribution in [0.25, 0.3) is 0 Å². The third-order valence-electron chi connectivity index (χ3n) is 7.31. The third-order valence-corrected chi connectivity index (χ3v) is 7.31. The molecule has 1 spiro atoms. The number of piperidine rings is 1. The molecule has 0 radical (unpaired) electrons. The van der Waals surface area contributed by atoms with E-state index < -0.39 is 28.5 Å². The number of hydrogen-bond donors (Lipinski definition) is 1. The molecule has 0 atom stereocenters. The Morgan fingerprint density at radius 1 is 0.829 bits per heavy atom. The average Bonchev–Trinajstić information content (AvgIpc) is 2.96. The van der Waals surface area contributed by atoms with E-state index in [-0.39, 0.29) is 31.4 Å². The van der Waals surface area contributed by atoms with Crippen LogP contribution in [-0.2, 0) is 19.1 Å². The highest BCUT2D eigenvalue weighted by Gasteiger charge is 2.62. The summed E-state index contributed by atoms with van der Waals surface area (Å²) in [5.74, 6) is -1.83. The third kappa shape index (κ3) is 6.98. The minimum Gasteiger partial charge on any atom is -0.459 e. The number of imide groups is 1. The molecular formula is C27H47N3O5. The van der Waals surface area contributed by atoms with Gasteiger partial charge in [-0.05, 0) is 41.0 Å². The highest BCUT2D eigenvalue weighted by Crippen LogP contribution is 2.46. The van der Waals surface area contributed by atoms with Crippen LogP contribution in [0.5, 0.6) is 0 Å². The van der Waals surface area contributed by atoms with Crippen molar-refractivity contribution in [3.63, 3.8) is 0 Å². The van der Waals surface area contributed by atoms with E-state index >= 15 is 0 Å². The van der Waals surface area contributed by atoms with Crippen LogP contribution in [0.4, 0.5) is 4.79 Å². The van der Waals surface area contributed by atoms with Crippen LogP contribution in [0.15, 0.2) is 0 Å². The van der Waals surface area contributed by atoms with Gasteiger partial charge < -0.3 is 15.0 Å². The van der Waals surface area contributed by atoms with Crippen molar-refractivity contribution >= 4 is 23.8 Å². The molecule has 0 aliphatic carbocycles. The van der Waals surface area contributed by atoms with E-state index in [2.05, 4.69) is 12.2 Å². The van der Waals surface area contributed by atoms with Crippen molar-refractivity contribution in [2.24, 2.45) is 0 Å². The minimum absolute atomic E-state index is 0.117. The van der Waals surface area contributed by atoms with Crippen molar-refractivity contribution in [1.82, 2.24) is 15.1 Å². The van der Waals surface area contributed by atoms with Crippen LogP contribution in [0.2, 0.25) is 0 Å². The highest BCUT2D eigenvalue weighted by atomic mass is 16.5. The number of rotatable bonds is 12. The highest BCUT2D eigenvalue weighted by molar-refractivity contribution is 6.32. The van der Waals surface area contributed by atoms with E-state index in [1.54, 1.807) is 6.92 Å². The molecule has 2 fully saturated rings. The van der Waals surface area contributed by atoms with Crippen molar-refractivity contribution in [3.05, 3.63) is 0 Å². The molecule has 0 aromatic carbocycles. The lowest BCUT2D eigenvalue weighted by atomic mass is 9.68. The first-order valence-corrected chi connectivity index (χ1v) is 13.6. The summed E-state index contributed by atoms with van der Waals surface area (Å²) in [7, 11) is 0. The Morgan fingerprint density at radius 3 is 1.80 bits per heavy atom. The fourth-order valence-electron chi connectivity index (χ4n) is 6.23. The largest absolute Gasteiger partial charge is 0.459 e. The van der Waals surface area contributed by atoms with E-state index in [9.17, 15) is 19.2 Å². The topological polar surface area (TPSA) is 96.0 Å². The number of nitrogens with one attached hydrogen (secondary N) is 1. The molecular weight excluding hydrogens is 446 g/mol. The van der Waals surface area contributed by atoms with Crippen molar-refractivity contribution in [2.45, 2.75) is 135 Å². The van der Waals surface area contributed by atoms with Crippen LogP contribution in [0, 0.1) is 0 Å². The number of carbonyl (C=O) groups is 4. The Morgan fingerprint density at radius 2 is 1.31 bits per heavy atom. The van der Waals surface area contributed by atoms with Crippen LogP contribution in [-0.4, -0.2) is 63.4 Å². The normalized spacial score (nSPS) is 20.3. The number of likely N-dealkylation sites (tertiary alicyclic amines) is 1.